The molecule has 2 rings (SSSR count). The Hall–Kier alpha value is -0.840. The number of hydrogen-bond acceptors (Lipinski definition) is 4. The summed E-state index contributed by atoms with van der Waals surface area (Å²) in [5, 5.41) is 13.7. The van der Waals surface area contributed by atoms with E-state index in [0.29, 0.717) is 6.54 Å². The SMILES string of the molecule is CCc1nc2ccc(NCC(O)CCl)cc2s1. The molecule has 5 heteroatoms. The highest BCUT2D eigenvalue weighted by atomic mass is 35.5. The van der Waals surface area contributed by atoms with Gasteiger partial charge in [-0.2, -0.15) is 0 Å². The van der Waals surface area contributed by atoms with E-state index in [9.17, 15) is 5.11 Å². The number of aryl methyl sites for hydroxylation is 1. The molecular weight excluding hydrogens is 256 g/mol. The van der Waals surface area contributed by atoms with Crippen molar-refractivity contribution in [1.82, 2.24) is 4.98 Å². The summed E-state index contributed by atoms with van der Waals surface area (Å²) in [4.78, 5) is 4.50. The summed E-state index contributed by atoms with van der Waals surface area (Å²) in [6.07, 6.45) is 0.451. The van der Waals surface area contributed by atoms with Crippen LogP contribution in [0.25, 0.3) is 10.2 Å². The van der Waals surface area contributed by atoms with E-state index in [-0.39, 0.29) is 5.88 Å². The first-order chi connectivity index (χ1) is 8.22. The Morgan fingerprint density at radius 2 is 2.35 bits per heavy atom. The minimum absolute atomic E-state index is 0.246. The van der Waals surface area contributed by atoms with Gasteiger partial charge in [-0.15, -0.1) is 22.9 Å². The number of anilines is 1. The molecule has 2 N–H and O–H groups in total. The second-order valence-electron chi connectivity index (χ2n) is 3.83. The van der Waals surface area contributed by atoms with Crippen molar-refractivity contribution in [2.45, 2.75) is 19.4 Å². The molecule has 3 nitrogen and oxygen atoms in total. The molecule has 1 unspecified atom stereocenters. The van der Waals surface area contributed by atoms with Crippen molar-refractivity contribution in [3.8, 4) is 0 Å². The molecule has 1 atom stereocenters. The van der Waals surface area contributed by atoms with Crippen LogP contribution in [-0.2, 0) is 6.42 Å². The second kappa shape index (κ2) is 5.67. The number of alkyl halides is 1. The molecule has 0 radical (unpaired) electrons. The van der Waals surface area contributed by atoms with E-state index in [1.54, 1.807) is 11.3 Å². The molecule has 0 fully saturated rings. The average Bonchev–Trinajstić information content (AvgIpc) is 2.77. The van der Waals surface area contributed by atoms with Crippen LogP contribution >= 0.6 is 22.9 Å². The standard InChI is InChI=1S/C12H15ClN2OS/c1-2-12-15-10-4-3-8(5-11(10)17-12)14-7-9(16)6-13/h3-5,9,14,16H,2,6-7H2,1H3. The number of aliphatic hydroxyl groups is 1. The molecule has 0 saturated carbocycles. The summed E-state index contributed by atoms with van der Waals surface area (Å²) < 4.78 is 1.17. The van der Waals surface area contributed by atoms with E-state index < -0.39 is 6.10 Å². The highest BCUT2D eigenvalue weighted by molar-refractivity contribution is 7.18. The van der Waals surface area contributed by atoms with E-state index in [0.717, 1.165) is 22.6 Å². The summed E-state index contributed by atoms with van der Waals surface area (Å²) in [7, 11) is 0. The molecule has 0 saturated heterocycles. The van der Waals surface area contributed by atoms with Crippen molar-refractivity contribution in [2.75, 3.05) is 17.7 Å². The molecule has 0 aliphatic heterocycles. The molecule has 1 heterocycles. The van der Waals surface area contributed by atoms with Gasteiger partial charge in [-0.25, -0.2) is 4.98 Å². The van der Waals surface area contributed by atoms with Gasteiger partial charge in [0.25, 0.3) is 0 Å². The van der Waals surface area contributed by atoms with E-state index in [1.807, 2.05) is 12.1 Å². The van der Waals surface area contributed by atoms with Crippen LogP contribution in [0.4, 0.5) is 5.69 Å². The number of nitrogens with one attached hydrogen (secondary N) is 1. The van der Waals surface area contributed by atoms with E-state index in [2.05, 4.69) is 23.3 Å². The van der Waals surface area contributed by atoms with Crippen LogP contribution in [0.3, 0.4) is 0 Å². The van der Waals surface area contributed by atoms with Gasteiger partial charge in [0, 0.05) is 12.2 Å². The summed E-state index contributed by atoms with van der Waals surface area (Å²) in [6.45, 7) is 2.57. The van der Waals surface area contributed by atoms with Gasteiger partial charge in [0.15, 0.2) is 0 Å². The number of aliphatic hydroxyl groups excluding tert-OH is 1. The minimum atomic E-state index is -0.514. The van der Waals surface area contributed by atoms with Gasteiger partial charge in [-0.05, 0) is 24.6 Å². The number of aromatic nitrogens is 1. The molecule has 17 heavy (non-hydrogen) atoms. The maximum Gasteiger partial charge on any atom is 0.0935 e. The lowest BCUT2D eigenvalue weighted by Gasteiger charge is -2.09. The molecule has 1 aromatic carbocycles. The summed E-state index contributed by atoms with van der Waals surface area (Å²) in [6, 6.07) is 6.04. The zero-order valence-corrected chi connectivity index (χ0v) is 11.2. The molecule has 2 aromatic rings. The Bertz CT molecular complexity index is 500. The minimum Gasteiger partial charge on any atom is -0.390 e. The van der Waals surface area contributed by atoms with Crippen molar-refractivity contribution < 1.29 is 5.11 Å². The third kappa shape index (κ3) is 3.09. The van der Waals surface area contributed by atoms with Gasteiger partial charge >= 0.3 is 0 Å². The molecule has 0 bridgehead atoms. The van der Waals surface area contributed by atoms with Gasteiger partial charge < -0.3 is 10.4 Å². The maximum absolute atomic E-state index is 9.37. The van der Waals surface area contributed by atoms with Gasteiger partial charge in [0.05, 0.1) is 27.2 Å². The summed E-state index contributed by atoms with van der Waals surface area (Å²) in [5.74, 6) is 0.246. The van der Waals surface area contributed by atoms with Crippen LogP contribution in [0.15, 0.2) is 18.2 Å². The van der Waals surface area contributed by atoms with Gasteiger partial charge in [-0.3, -0.25) is 0 Å². The smallest absolute Gasteiger partial charge is 0.0935 e. The summed E-state index contributed by atoms with van der Waals surface area (Å²) >= 11 is 7.25. The van der Waals surface area contributed by atoms with Crippen molar-refractivity contribution in [3.05, 3.63) is 23.2 Å². The number of benzene rings is 1. The first-order valence-corrected chi connectivity index (χ1v) is 6.95. The fourth-order valence-corrected chi connectivity index (χ4v) is 2.58. The third-order valence-corrected chi connectivity index (χ3v) is 3.97. The lowest BCUT2D eigenvalue weighted by Crippen LogP contribution is -2.20. The van der Waals surface area contributed by atoms with Crippen molar-refractivity contribution in [3.63, 3.8) is 0 Å². The van der Waals surface area contributed by atoms with Crippen molar-refractivity contribution in [1.29, 1.82) is 0 Å². The zero-order valence-electron chi connectivity index (χ0n) is 9.61. The van der Waals surface area contributed by atoms with Crippen LogP contribution in [0.5, 0.6) is 0 Å². The van der Waals surface area contributed by atoms with Crippen LogP contribution in [0.2, 0.25) is 0 Å². The van der Waals surface area contributed by atoms with Crippen LogP contribution < -0.4 is 5.32 Å². The Morgan fingerprint density at radius 3 is 3.06 bits per heavy atom. The Labute approximate surface area is 109 Å². The van der Waals surface area contributed by atoms with Gasteiger partial charge in [-0.1, -0.05) is 6.92 Å². The molecule has 0 aliphatic rings. The lowest BCUT2D eigenvalue weighted by molar-refractivity contribution is 0.211. The first-order valence-electron chi connectivity index (χ1n) is 5.60. The highest BCUT2D eigenvalue weighted by Crippen LogP contribution is 2.25. The molecular formula is C12H15ClN2OS. The number of rotatable bonds is 5. The van der Waals surface area contributed by atoms with Crippen molar-refractivity contribution in [2.24, 2.45) is 0 Å². The fraction of sp³-hybridized carbons (Fsp3) is 0.417. The quantitative estimate of drug-likeness (QED) is 0.822. The lowest BCUT2D eigenvalue weighted by atomic mass is 10.3. The normalized spacial score (nSPS) is 12.9. The topological polar surface area (TPSA) is 45.2 Å². The Kier molecular flexibility index (Phi) is 4.20. The molecule has 0 amide bonds. The van der Waals surface area contributed by atoms with Crippen LogP contribution in [0, 0.1) is 0 Å². The number of thiazole rings is 1. The van der Waals surface area contributed by atoms with E-state index >= 15 is 0 Å². The molecule has 1 aromatic heterocycles. The second-order valence-corrected chi connectivity index (χ2v) is 5.26. The number of hydrogen-bond donors (Lipinski definition) is 2. The third-order valence-electron chi connectivity index (χ3n) is 2.46. The maximum atomic E-state index is 9.37. The predicted octanol–water partition coefficient (Wildman–Crippen LogP) is 2.87. The fourth-order valence-electron chi connectivity index (χ4n) is 1.52. The number of fused-ring (bicyclic) bond motifs is 1. The van der Waals surface area contributed by atoms with E-state index in [4.69, 9.17) is 11.6 Å². The monoisotopic (exact) mass is 270 g/mol. The van der Waals surface area contributed by atoms with Crippen LogP contribution in [0.1, 0.15) is 11.9 Å². The van der Waals surface area contributed by atoms with Gasteiger partial charge in [0.2, 0.25) is 0 Å². The summed E-state index contributed by atoms with van der Waals surface area (Å²) in [5.41, 5.74) is 2.03. The largest absolute Gasteiger partial charge is 0.390 e. The van der Waals surface area contributed by atoms with Gasteiger partial charge in [0.1, 0.15) is 0 Å². The molecule has 0 spiro atoms. The average molecular weight is 271 g/mol. The first kappa shape index (κ1) is 12.6. The Balaban J connectivity index is 2.13. The number of halogens is 1. The Morgan fingerprint density at radius 1 is 1.53 bits per heavy atom. The predicted molar refractivity (Wildman–Crippen MR) is 74.2 cm³/mol. The zero-order chi connectivity index (χ0) is 12.3. The van der Waals surface area contributed by atoms with Crippen LogP contribution in [-0.4, -0.2) is 28.6 Å². The molecule has 92 valence electrons. The number of nitrogens with zero attached hydrogens (tertiary/aromatic N) is 1. The molecule has 0 aliphatic carbocycles. The van der Waals surface area contributed by atoms with E-state index in [1.165, 1.54) is 4.70 Å². The van der Waals surface area contributed by atoms with Crippen molar-refractivity contribution >= 4 is 38.8 Å². The highest BCUT2D eigenvalue weighted by Gasteiger charge is 2.05.